The third-order valence-corrected chi connectivity index (χ3v) is 6.72. The van der Waals surface area contributed by atoms with E-state index in [0.29, 0.717) is 11.5 Å². The van der Waals surface area contributed by atoms with Crippen LogP contribution in [-0.2, 0) is 16.6 Å². The Hall–Kier alpha value is -1.11. The Morgan fingerprint density at radius 2 is 2.07 bits per heavy atom. The lowest BCUT2D eigenvalue weighted by molar-refractivity contribution is 0.583. The quantitative estimate of drug-likeness (QED) is 0.492. The van der Waals surface area contributed by atoms with Gasteiger partial charge in [0.15, 0.2) is 0 Å². The second-order valence-electron chi connectivity index (χ2n) is 6.13. The maximum atomic E-state index is 12.4. The molecule has 1 aliphatic carbocycles. The summed E-state index contributed by atoms with van der Waals surface area (Å²) in [6, 6.07) is 3.98. The van der Waals surface area contributed by atoms with Crippen LogP contribution in [-0.4, -0.2) is 14.2 Å². The predicted molar refractivity (Wildman–Crippen MR) is 119 cm³/mol. The van der Waals surface area contributed by atoms with Crippen LogP contribution in [0.3, 0.4) is 0 Å². The van der Waals surface area contributed by atoms with Crippen LogP contribution in [0.4, 0.5) is 0 Å². The highest BCUT2D eigenvalue weighted by atomic mass is 35.5. The van der Waals surface area contributed by atoms with Crippen molar-refractivity contribution in [1.82, 2.24) is 4.72 Å². The van der Waals surface area contributed by atoms with Crippen LogP contribution in [0.5, 0.6) is 0 Å². The number of allylic oxidation sites excluding steroid dienone is 9. The van der Waals surface area contributed by atoms with E-state index in [1.54, 1.807) is 29.6 Å². The number of hydrogen-bond donors (Lipinski definition) is 1. The van der Waals surface area contributed by atoms with Crippen LogP contribution in [0.25, 0.3) is 5.57 Å². The number of sulfonamides is 1. The monoisotopic (exact) mass is 443 g/mol. The zero-order valence-corrected chi connectivity index (χ0v) is 18.5. The smallest absolute Gasteiger partial charge is 0.212 e. The van der Waals surface area contributed by atoms with Gasteiger partial charge in [-0.1, -0.05) is 53.9 Å². The Labute approximate surface area is 175 Å². The van der Waals surface area contributed by atoms with Gasteiger partial charge >= 0.3 is 0 Å². The van der Waals surface area contributed by atoms with Crippen LogP contribution in [0, 0.1) is 0 Å². The van der Waals surface area contributed by atoms with E-state index in [-0.39, 0.29) is 12.3 Å². The molecule has 0 unspecified atom stereocenters. The molecule has 0 aliphatic heterocycles. The summed E-state index contributed by atoms with van der Waals surface area (Å²) in [5.41, 5.74) is 1.98. The van der Waals surface area contributed by atoms with Gasteiger partial charge in [-0.05, 0) is 55.7 Å². The average Bonchev–Trinajstić information content (AvgIpc) is 2.98. The fourth-order valence-electron chi connectivity index (χ4n) is 2.46. The fourth-order valence-corrected chi connectivity index (χ4v) is 4.99. The number of hydrogen-bond acceptors (Lipinski definition) is 3. The SMILES string of the molecule is CC/C(=C\C=C(/C)Cl)c1ccc(CNS(=O)(=O)CC2=CC=C(Cl)C=CC2)s1. The van der Waals surface area contributed by atoms with Gasteiger partial charge in [-0.2, -0.15) is 0 Å². The van der Waals surface area contributed by atoms with E-state index in [1.807, 2.05) is 37.3 Å². The third-order valence-electron chi connectivity index (χ3n) is 3.85. The van der Waals surface area contributed by atoms with Crippen molar-refractivity contribution in [3.05, 3.63) is 74.0 Å². The van der Waals surface area contributed by atoms with Crippen molar-refractivity contribution in [2.45, 2.75) is 33.2 Å². The Kier molecular flexibility index (Phi) is 8.58. The number of nitrogens with one attached hydrogen (secondary N) is 1. The fraction of sp³-hybridized carbons (Fsp3) is 0.300. The van der Waals surface area contributed by atoms with Crippen LogP contribution in [0.2, 0.25) is 0 Å². The average molecular weight is 444 g/mol. The maximum Gasteiger partial charge on any atom is 0.215 e. The van der Waals surface area contributed by atoms with Gasteiger partial charge in [0, 0.05) is 26.4 Å². The van der Waals surface area contributed by atoms with E-state index in [9.17, 15) is 8.42 Å². The van der Waals surface area contributed by atoms with Gasteiger partial charge in [0.05, 0.1) is 5.75 Å². The van der Waals surface area contributed by atoms with Gasteiger partial charge in [-0.15, -0.1) is 11.3 Å². The molecule has 0 bridgehead atoms. The summed E-state index contributed by atoms with van der Waals surface area (Å²) in [6.07, 6.45) is 12.5. The largest absolute Gasteiger partial charge is 0.215 e. The predicted octanol–water partition coefficient (Wildman–Crippen LogP) is 6.11. The van der Waals surface area contributed by atoms with E-state index < -0.39 is 10.0 Å². The first-order chi connectivity index (χ1) is 12.8. The number of halogens is 2. The first kappa shape index (κ1) is 22.2. The third kappa shape index (κ3) is 7.80. The lowest BCUT2D eigenvalue weighted by Gasteiger charge is -2.07. The van der Waals surface area contributed by atoms with Crippen LogP contribution in [0.1, 0.15) is 36.4 Å². The van der Waals surface area contributed by atoms with E-state index in [1.165, 1.54) is 5.57 Å². The van der Waals surface area contributed by atoms with Gasteiger partial charge in [-0.25, -0.2) is 13.1 Å². The van der Waals surface area contributed by atoms with Crippen LogP contribution in [0.15, 0.2) is 64.2 Å². The highest BCUT2D eigenvalue weighted by Crippen LogP contribution is 2.27. The molecule has 0 atom stereocenters. The minimum atomic E-state index is -3.41. The molecule has 27 heavy (non-hydrogen) atoms. The molecule has 2 rings (SSSR count). The summed E-state index contributed by atoms with van der Waals surface area (Å²) in [4.78, 5) is 2.09. The zero-order chi connectivity index (χ0) is 19.9. The molecule has 0 saturated carbocycles. The van der Waals surface area contributed by atoms with Crippen molar-refractivity contribution in [3.63, 3.8) is 0 Å². The molecule has 0 amide bonds. The van der Waals surface area contributed by atoms with E-state index in [0.717, 1.165) is 26.8 Å². The van der Waals surface area contributed by atoms with Crippen molar-refractivity contribution in [1.29, 1.82) is 0 Å². The van der Waals surface area contributed by atoms with Crippen molar-refractivity contribution in [2.75, 3.05) is 5.75 Å². The molecule has 0 aromatic carbocycles. The minimum absolute atomic E-state index is 0.0316. The van der Waals surface area contributed by atoms with E-state index in [2.05, 4.69) is 11.6 Å². The number of rotatable bonds is 8. The van der Waals surface area contributed by atoms with Gasteiger partial charge < -0.3 is 0 Å². The molecule has 0 radical (unpaired) electrons. The van der Waals surface area contributed by atoms with Crippen molar-refractivity contribution in [3.8, 4) is 0 Å². The first-order valence-corrected chi connectivity index (χ1v) is 11.8. The molecular formula is C20H23Cl2NO2S2. The Morgan fingerprint density at radius 1 is 1.30 bits per heavy atom. The standard InChI is InChI=1S/C20H23Cl2NO2S2/c1-3-17(9-7-15(2)21)20-12-11-19(26-20)13-23-27(24,25)14-16-5-4-6-18(22)10-8-16/h4,6-12,23H,3,5,13-14H2,1-2H3/b15-7+,17-9+. The molecule has 1 aliphatic rings. The summed E-state index contributed by atoms with van der Waals surface area (Å²) in [5.74, 6) is -0.0316. The van der Waals surface area contributed by atoms with Crippen LogP contribution >= 0.6 is 34.5 Å². The Morgan fingerprint density at radius 3 is 2.78 bits per heavy atom. The Bertz CT molecular complexity index is 916. The topological polar surface area (TPSA) is 46.2 Å². The molecule has 1 aromatic heterocycles. The Balaban J connectivity index is 2.00. The summed E-state index contributed by atoms with van der Waals surface area (Å²) in [6.45, 7) is 4.21. The maximum absolute atomic E-state index is 12.4. The molecular weight excluding hydrogens is 421 g/mol. The summed E-state index contributed by atoms with van der Waals surface area (Å²) < 4.78 is 27.4. The van der Waals surface area contributed by atoms with Crippen molar-refractivity contribution >= 4 is 50.1 Å². The molecule has 1 heterocycles. The van der Waals surface area contributed by atoms with Gasteiger partial charge in [0.2, 0.25) is 10.0 Å². The lowest BCUT2D eigenvalue weighted by Crippen LogP contribution is -2.26. The molecule has 146 valence electrons. The summed E-state index contributed by atoms with van der Waals surface area (Å²) >= 11 is 13.4. The van der Waals surface area contributed by atoms with E-state index in [4.69, 9.17) is 23.2 Å². The highest BCUT2D eigenvalue weighted by Gasteiger charge is 2.14. The van der Waals surface area contributed by atoms with E-state index >= 15 is 0 Å². The second-order valence-corrected chi connectivity index (χ2v) is 10.1. The minimum Gasteiger partial charge on any atom is -0.212 e. The first-order valence-electron chi connectivity index (χ1n) is 8.60. The molecule has 3 nitrogen and oxygen atoms in total. The molecule has 0 spiro atoms. The van der Waals surface area contributed by atoms with Gasteiger partial charge in [0.1, 0.15) is 0 Å². The number of thiophene rings is 1. The van der Waals surface area contributed by atoms with Crippen molar-refractivity contribution in [2.24, 2.45) is 0 Å². The van der Waals surface area contributed by atoms with Gasteiger partial charge in [-0.3, -0.25) is 0 Å². The second kappa shape index (κ2) is 10.4. The summed E-state index contributed by atoms with van der Waals surface area (Å²) in [7, 11) is -3.41. The molecule has 7 heteroatoms. The van der Waals surface area contributed by atoms with Crippen LogP contribution < -0.4 is 4.72 Å². The summed E-state index contributed by atoms with van der Waals surface area (Å²) in [5, 5.41) is 1.32. The molecule has 1 aromatic rings. The molecule has 0 saturated heterocycles. The molecule has 0 fully saturated rings. The lowest BCUT2D eigenvalue weighted by atomic mass is 10.1. The zero-order valence-electron chi connectivity index (χ0n) is 15.3. The van der Waals surface area contributed by atoms with Crippen molar-refractivity contribution < 1.29 is 8.42 Å². The van der Waals surface area contributed by atoms with Gasteiger partial charge in [0.25, 0.3) is 0 Å². The normalized spacial score (nSPS) is 16.1. The highest BCUT2D eigenvalue weighted by molar-refractivity contribution is 7.89. The molecule has 1 N–H and O–H groups in total.